The monoisotopic (exact) mass is 337 g/mol. The fraction of sp³-hybridized carbons (Fsp3) is 0.611. The van der Waals surface area contributed by atoms with Gasteiger partial charge in [-0.15, -0.1) is 0 Å². The van der Waals surface area contributed by atoms with Crippen LogP contribution in [0.3, 0.4) is 0 Å². The predicted molar refractivity (Wildman–Crippen MR) is 91.6 cm³/mol. The lowest BCUT2D eigenvalue weighted by atomic mass is 10.1. The van der Waals surface area contributed by atoms with Gasteiger partial charge in [0.15, 0.2) is 0 Å². The summed E-state index contributed by atoms with van der Waals surface area (Å²) in [5.74, 6) is 0.800. The first kappa shape index (κ1) is 18.5. The van der Waals surface area contributed by atoms with E-state index in [1.54, 1.807) is 4.90 Å². The molecule has 1 fully saturated rings. The van der Waals surface area contributed by atoms with Crippen LogP contribution in [-0.4, -0.2) is 68.1 Å². The third-order valence-corrected chi connectivity index (χ3v) is 4.16. The first-order chi connectivity index (χ1) is 11.5. The minimum absolute atomic E-state index is 0.241. The SMILES string of the molecule is CCOC(=O)N1CC[NH+](C[C@H](O)COc2cc(C)cc(C)c2)CC1. The van der Waals surface area contributed by atoms with Crippen molar-refractivity contribution in [1.82, 2.24) is 4.90 Å². The Morgan fingerprint density at radius 1 is 1.25 bits per heavy atom. The zero-order chi connectivity index (χ0) is 17.5. The second-order valence-electron chi connectivity index (χ2n) is 6.43. The first-order valence-electron chi connectivity index (χ1n) is 8.62. The van der Waals surface area contributed by atoms with Crippen molar-refractivity contribution in [3.63, 3.8) is 0 Å². The summed E-state index contributed by atoms with van der Waals surface area (Å²) in [5, 5.41) is 10.2. The van der Waals surface area contributed by atoms with Gasteiger partial charge in [-0.3, -0.25) is 4.90 Å². The summed E-state index contributed by atoms with van der Waals surface area (Å²) in [6.07, 6.45) is -0.759. The molecule has 0 radical (unpaired) electrons. The Bertz CT molecular complexity index is 522. The van der Waals surface area contributed by atoms with Crippen molar-refractivity contribution in [2.24, 2.45) is 0 Å². The Morgan fingerprint density at radius 3 is 2.46 bits per heavy atom. The maximum absolute atomic E-state index is 11.7. The summed E-state index contributed by atoms with van der Waals surface area (Å²) in [6, 6.07) is 6.05. The maximum atomic E-state index is 11.7. The van der Waals surface area contributed by atoms with Crippen molar-refractivity contribution in [3.05, 3.63) is 29.3 Å². The number of rotatable bonds is 6. The molecule has 0 aliphatic carbocycles. The van der Waals surface area contributed by atoms with E-state index in [2.05, 4.69) is 6.07 Å². The van der Waals surface area contributed by atoms with Crippen molar-refractivity contribution in [3.8, 4) is 5.75 Å². The molecule has 0 unspecified atom stereocenters. The second kappa shape index (κ2) is 8.89. The van der Waals surface area contributed by atoms with Crippen LogP contribution < -0.4 is 9.64 Å². The third-order valence-electron chi connectivity index (χ3n) is 4.16. The van der Waals surface area contributed by atoms with Gasteiger partial charge in [0, 0.05) is 0 Å². The lowest BCUT2D eigenvalue weighted by Crippen LogP contribution is -3.16. The number of quaternary nitrogens is 1. The topological polar surface area (TPSA) is 63.4 Å². The molecule has 1 heterocycles. The number of piperazine rings is 1. The number of hydrogen-bond donors (Lipinski definition) is 2. The molecule has 6 nitrogen and oxygen atoms in total. The van der Waals surface area contributed by atoms with Gasteiger partial charge < -0.3 is 19.5 Å². The molecule has 1 aliphatic rings. The third kappa shape index (κ3) is 5.69. The zero-order valence-corrected chi connectivity index (χ0v) is 14.9. The molecule has 1 aliphatic heterocycles. The lowest BCUT2D eigenvalue weighted by Gasteiger charge is -2.32. The van der Waals surface area contributed by atoms with Gasteiger partial charge in [-0.1, -0.05) is 6.07 Å². The number of hydrogen-bond acceptors (Lipinski definition) is 4. The number of nitrogens with zero attached hydrogens (tertiary/aromatic N) is 1. The minimum Gasteiger partial charge on any atom is -0.491 e. The number of ether oxygens (including phenoxy) is 2. The van der Waals surface area contributed by atoms with Gasteiger partial charge in [-0.2, -0.15) is 0 Å². The molecule has 0 aromatic heterocycles. The Hall–Kier alpha value is -1.79. The summed E-state index contributed by atoms with van der Waals surface area (Å²) >= 11 is 0. The molecule has 1 aromatic rings. The van der Waals surface area contributed by atoms with Gasteiger partial charge in [-0.05, 0) is 44.0 Å². The Morgan fingerprint density at radius 2 is 1.88 bits per heavy atom. The molecule has 1 aromatic carbocycles. The van der Waals surface area contributed by atoms with Crippen LogP contribution in [0.1, 0.15) is 18.1 Å². The minimum atomic E-state index is -0.519. The van der Waals surface area contributed by atoms with Crippen LogP contribution in [0.5, 0.6) is 5.75 Å². The van der Waals surface area contributed by atoms with Crippen LogP contribution in [0, 0.1) is 13.8 Å². The number of aryl methyl sites for hydroxylation is 2. The van der Waals surface area contributed by atoms with Crippen molar-refractivity contribution < 1.29 is 24.3 Å². The zero-order valence-electron chi connectivity index (χ0n) is 14.9. The summed E-state index contributed by atoms with van der Waals surface area (Å²) in [7, 11) is 0. The van der Waals surface area contributed by atoms with Crippen molar-refractivity contribution in [2.45, 2.75) is 26.9 Å². The van der Waals surface area contributed by atoms with Gasteiger partial charge in [0.1, 0.15) is 25.0 Å². The highest BCUT2D eigenvalue weighted by Crippen LogP contribution is 2.16. The predicted octanol–water partition coefficient (Wildman–Crippen LogP) is 0.400. The smallest absolute Gasteiger partial charge is 0.410 e. The van der Waals surface area contributed by atoms with Crippen LogP contribution in [0.25, 0.3) is 0 Å². The van der Waals surface area contributed by atoms with E-state index in [-0.39, 0.29) is 12.7 Å². The molecular formula is C18H29N2O4+. The fourth-order valence-electron chi connectivity index (χ4n) is 3.03. The molecule has 0 saturated carbocycles. The van der Waals surface area contributed by atoms with E-state index in [0.29, 0.717) is 26.2 Å². The lowest BCUT2D eigenvalue weighted by molar-refractivity contribution is -0.907. The molecule has 24 heavy (non-hydrogen) atoms. The van der Waals surface area contributed by atoms with Crippen molar-refractivity contribution in [1.29, 1.82) is 0 Å². The number of carbonyl (C=O) groups excluding carboxylic acids is 1. The molecule has 6 heteroatoms. The number of aliphatic hydroxyl groups excluding tert-OH is 1. The average molecular weight is 337 g/mol. The van der Waals surface area contributed by atoms with Crippen LogP contribution >= 0.6 is 0 Å². The van der Waals surface area contributed by atoms with Crippen LogP contribution in [0.4, 0.5) is 4.79 Å². The van der Waals surface area contributed by atoms with Gasteiger partial charge in [0.25, 0.3) is 0 Å². The average Bonchev–Trinajstić information content (AvgIpc) is 2.53. The molecule has 0 bridgehead atoms. The number of carbonyl (C=O) groups is 1. The quantitative estimate of drug-likeness (QED) is 0.789. The standard InChI is InChI=1S/C18H28N2O4/c1-4-23-18(22)20-7-5-19(6-8-20)12-16(21)13-24-17-10-14(2)9-15(3)11-17/h9-11,16,21H,4-8,12-13H2,1-3H3/p+1/t16-/m0/s1. The summed E-state index contributed by atoms with van der Waals surface area (Å²) in [4.78, 5) is 14.7. The number of aliphatic hydroxyl groups is 1. The molecule has 2 rings (SSSR count). The fourth-order valence-corrected chi connectivity index (χ4v) is 3.03. The normalized spacial score (nSPS) is 16.8. The second-order valence-corrected chi connectivity index (χ2v) is 6.43. The van der Waals surface area contributed by atoms with Gasteiger partial charge in [0.2, 0.25) is 0 Å². The van der Waals surface area contributed by atoms with Gasteiger partial charge >= 0.3 is 6.09 Å². The molecular weight excluding hydrogens is 308 g/mol. The molecule has 134 valence electrons. The number of nitrogens with one attached hydrogen (secondary N) is 1. The molecule has 2 N–H and O–H groups in total. The van der Waals surface area contributed by atoms with Crippen molar-refractivity contribution in [2.75, 3.05) is 45.9 Å². The van der Waals surface area contributed by atoms with Crippen LogP contribution in [-0.2, 0) is 4.74 Å². The number of benzene rings is 1. The van der Waals surface area contributed by atoms with E-state index < -0.39 is 6.10 Å². The Kier molecular flexibility index (Phi) is 6.87. The highest BCUT2D eigenvalue weighted by Gasteiger charge is 2.26. The molecule has 0 spiro atoms. The highest BCUT2D eigenvalue weighted by molar-refractivity contribution is 5.67. The first-order valence-corrected chi connectivity index (χ1v) is 8.62. The van der Waals surface area contributed by atoms with Gasteiger partial charge in [-0.25, -0.2) is 4.79 Å². The molecule has 1 atom stereocenters. The Balaban J connectivity index is 1.71. The van der Waals surface area contributed by atoms with Crippen LogP contribution in [0.15, 0.2) is 18.2 Å². The van der Waals surface area contributed by atoms with Crippen LogP contribution in [0.2, 0.25) is 0 Å². The van der Waals surface area contributed by atoms with E-state index in [1.807, 2.05) is 32.9 Å². The van der Waals surface area contributed by atoms with E-state index in [1.165, 1.54) is 4.90 Å². The van der Waals surface area contributed by atoms with Crippen molar-refractivity contribution >= 4 is 6.09 Å². The van der Waals surface area contributed by atoms with E-state index in [9.17, 15) is 9.90 Å². The largest absolute Gasteiger partial charge is 0.491 e. The molecule has 1 saturated heterocycles. The number of amides is 1. The molecule has 1 amide bonds. The van der Waals surface area contributed by atoms with Gasteiger partial charge in [0.05, 0.1) is 32.8 Å². The van der Waals surface area contributed by atoms with E-state index in [0.717, 1.165) is 30.0 Å². The van der Waals surface area contributed by atoms with E-state index >= 15 is 0 Å². The highest BCUT2D eigenvalue weighted by atomic mass is 16.6. The Labute approximate surface area is 144 Å². The summed E-state index contributed by atoms with van der Waals surface area (Å²) < 4.78 is 10.7. The summed E-state index contributed by atoms with van der Waals surface area (Å²) in [5.41, 5.74) is 2.31. The maximum Gasteiger partial charge on any atom is 0.410 e. The summed E-state index contributed by atoms with van der Waals surface area (Å²) in [6.45, 7) is 10.2. The van der Waals surface area contributed by atoms with E-state index in [4.69, 9.17) is 9.47 Å².